The van der Waals surface area contributed by atoms with Crippen molar-refractivity contribution in [1.29, 1.82) is 0 Å². The molecule has 20 heavy (non-hydrogen) atoms. The lowest BCUT2D eigenvalue weighted by molar-refractivity contribution is 0.0909. The van der Waals surface area contributed by atoms with Gasteiger partial charge in [0, 0.05) is 11.5 Å². The standard InChI is InChI=1S/C19H20O/c1-2-14-7-9-16(10-8-14)19(20)18-12-11-15-5-3-4-6-17(15)13-18/h3-10,18H,2,11-13H2,1H3. The highest BCUT2D eigenvalue weighted by Crippen LogP contribution is 2.27. The van der Waals surface area contributed by atoms with Crippen LogP contribution in [0.25, 0.3) is 0 Å². The molecule has 0 fully saturated rings. The van der Waals surface area contributed by atoms with Gasteiger partial charge in [0.05, 0.1) is 0 Å². The fourth-order valence-electron chi connectivity index (χ4n) is 3.06. The molecule has 1 aliphatic carbocycles. The van der Waals surface area contributed by atoms with E-state index in [9.17, 15) is 4.79 Å². The van der Waals surface area contributed by atoms with Gasteiger partial charge in [-0.25, -0.2) is 0 Å². The van der Waals surface area contributed by atoms with Crippen molar-refractivity contribution < 1.29 is 4.79 Å². The summed E-state index contributed by atoms with van der Waals surface area (Å²) in [6, 6.07) is 16.6. The third kappa shape index (κ3) is 2.53. The van der Waals surface area contributed by atoms with Gasteiger partial charge in [0.15, 0.2) is 5.78 Å². The van der Waals surface area contributed by atoms with Crippen LogP contribution in [0.1, 0.15) is 40.4 Å². The van der Waals surface area contributed by atoms with Crippen molar-refractivity contribution in [2.75, 3.05) is 0 Å². The molecule has 102 valence electrons. The van der Waals surface area contributed by atoms with Crippen LogP contribution in [0.5, 0.6) is 0 Å². The number of fused-ring (bicyclic) bond motifs is 1. The molecule has 0 N–H and O–H groups in total. The SMILES string of the molecule is CCc1ccc(C(=O)C2CCc3ccccc3C2)cc1. The second-order valence-electron chi connectivity index (χ2n) is 5.62. The Hall–Kier alpha value is -1.89. The minimum absolute atomic E-state index is 0.150. The van der Waals surface area contributed by atoms with Crippen LogP contribution in [-0.2, 0) is 19.3 Å². The van der Waals surface area contributed by atoms with Gasteiger partial charge in [0.1, 0.15) is 0 Å². The molecule has 0 radical (unpaired) electrons. The van der Waals surface area contributed by atoms with Crippen molar-refractivity contribution >= 4 is 5.78 Å². The summed E-state index contributed by atoms with van der Waals surface area (Å²) in [6.45, 7) is 2.13. The van der Waals surface area contributed by atoms with Gasteiger partial charge in [-0.15, -0.1) is 0 Å². The summed E-state index contributed by atoms with van der Waals surface area (Å²) in [5.74, 6) is 0.458. The van der Waals surface area contributed by atoms with Gasteiger partial charge in [0.2, 0.25) is 0 Å². The van der Waals surface area contributed by atoms with E-state index in [0.29, 0.717) is 5.78 Å². The first-order valence-electron chi connectivity index (χ1n) is 7.48. The van der Waals surface area contributed by atoms with Crippen LogP contribution in [0.4, 0.5) is 0 Å². The smallest absolute Gasteiger partial charge is 0.166 e. The third-order valence-electron chi connectivity index (χ3n) is 4.36. The minimum Gasteiger partial charge on any atom is -0.294 e. The summed E-state index contributed by atoms with van der Waals surface area (Å²) in [5, 5.41) is 0. The highest BCUT2D eigenvalue weighted by molar-refractivity contribution is 5.98. The van der Waals surface area contributed by atoms with Crippen molar-refractivity contribution in [3.8, 4) is 0 Å². The normalized spacial score (nSPS) is 17.6. The van der Waals surface area contributed by atoms with Crippen LogP contribution in [-0.4, -0.2) is 5.78 Å². The van der Waals surface area contributed by atoms with Crippen molar-refractivity contribution in [1.82, 2.24) is 0 Å². The summed E-state index contributed by atoms with van der Waals surface area (Å²) in [7, 11) is 0. The zero-order valence-corrected chi connectivity index (χ0v) is 11.9. The topological polar surface area (TPSA) is 17.1 Å². The summed E-state index contributed by atoms with van der Waals surface area (Å²) in [4.78, 5) is 12.6. The Labute approximate surface area is 120 Å². The fraction of sp³-hybridized carbons (Fsp3) is 0.316. The largest absolute Gasteiger partial charge is 0.294 e. The number of hydrogen-bond acceptors (Lipinski definition) is 1. The Bertz CT molecular complexity index is 610. The highest BCUT2D eigenvalue weighted by Gasteiger charge is 2.25. The van der Waals surface area contributed by atoms with Gasteiger partial charge in [0.25, 0.3) is 0 Å². The first-order valence-corrected chi connectivity index (χ1v) is 7.48. The molecule has 1 heteroatoms. The van der Waals surface area contributed by atoms with E-state index in [2.05, 4.69) is 43.3 Å². The quantitative estimate of drug-likeness (QED) is 0.758. The van der Waals surface area contributed by atoms with Gasteiger partial charge in [-0.3, -0.25) is 4.79 Å². The van der Waals surface area contributed by atoms with Crippen LogP contribution in [0.3, 0.4) is 0 Å². The molecule has 0 amide bonds. The van der Waals surface area contributed by atoms with Crippen molar-refractivity contribution in [2.45, 2.75) is 32.6 Å². The predicted molar refractivity (Wildman–Crippen MR) is 82.1 cm³/mol. The number of carbonyl (C=O) groups is 1. The number of rotatable bonds is 3. The maximum Gasteiger partial charge on any atom is 0.166 e. The van der Waals surface area contributed by atoms with E-state index in [-0.39, 0.29) is 5.92 Å². The van der Waals surface area contributed by atoms with Crippen LogP contribution in [0.2, 0.25) is 0 Å². The van der Waals surface area contributed by atoms with Crippen molar-refractivity contribution in [3.63, 3.8) is 0 Å². The van der Waals surface area contributed by atoms with E-state index in [1.165, 1.54) is 16.7 Å². The molecule has 0 bridgehead atoms. The molecule has 0 aliphatic heterocycles. The van der Waals surface area contributed by atoms with E-state index in [1.807, 2.05) is 12.1 Å². The van der Waals surface area contributed by atoms with E-state index in [4.69, 9.17) is 0 Å². The van der Waals surface area contributed by atoms with Crippen molar-refractivity contribution in [3.05, 3.63) is 70.8 Å². The molecule has 3 rings (SSSR count). The summed E-state index contributed by atoms with van der Waals surface area (Å²) in [6.07, 6.45) is 3.92. The number of benzene rings is 2. The molecule has 1 aliphatic rings. The predicted octanol–water partition coefficient (Wildman–Crippen LogP) is 4.24. The van der Waals surface area contributed by atoms with Gasteiger partial charge in [-0.1, -0.05) is 55.5 Å². The minimum atomic E-state index is 0.150. The first-order chi connectivity index (χ1) is 9.78. The molecule has 0 saturated heterocycles. The Morgan fingerprint density at radius 1 is 1.05 bits per heavy atom. The zero-order chi connectivity index (χ0) is 13.9. The molecule has 0 saturated carbocycles. The van der Waals surface area contributed by atoms with Crippen LogP contribution in [0, 0.1) is 5.92 Å². The Kier molecular flexibility index (Phi) is 3.68. The highest BCUT2D eigenvalue weighted by atomic mass is 16.1. The van der Waals surface area contributed by atoms with Crippen LogP contribution < -0.4 is 0 Å². The third-order valence-corrected chi connectivity index (χ3v) is 4.36. The molecule has 0 heterocycles. The molecule has 0 aromatic heterocycles. The number of carbonyl (C=O) groups excluding carboxylic acids is 1. The maximum atomic E-state index is 12.6. The maximum absolute atomic E-state index is 12.6. The number of hydrogen-bond donors (Lipinski definition) is 0. The first kappa shape index (κ1) is 13.1. The Balaban J connectivity index is 1.78. The molecule has 1 unspecified atom stereocenters. The molecule has 0 spiro atoms. The van der Waals surface area contributed by atoms with Gasteiger partial charge in [-0.2, -0.15) is 0 Å². The van der Waals surface area contributed by atoms with Crippen LogP contribution in [0.15, 0.2) is 48.5 Å². The average molecular weight is 264 g/mol. The summed E-state index contributed by atoms with van der Waals surface area (Å²) in [5.41, 5.74) is 4.92. The molecule has 2 aromatic rings. The molecular formula is C19H20O. The average Bonchev–Trinajstić information content (AvgIpc) is 2.54. The van der Waals surface area contributed by atoms with E-state index >= 15 is 0 Å². The lowest BCUT2D eigenvalue weighted by Gasteiger charge is -2.23. The zero-order valence-electron chi connectivity index (χ0n) is 11.9. The molecular weight excluding hydrogens is 244 g/mol. The van der Waals surface area contributed by atoms with Gasteiger partial charge in [-0.05, 0) is 42.4 Å². The van der Waals surface area contributed by atoms with E-state index in [1.54, 1.807) is 0 Å². The Morgan fingerprint density at radius 3 is 2.45 bits per heavy atom. The summed E-state index contributed by atoms with van der Waals surface area (Å²) >= 11 is 0. The van der Waals surface area contributed by atoms with E-state index in [0.717, 1.165) is 31.2 Å². The fourth-order valence-corrected chi connectivity index (χ4v) is 3.06. The number of Topliss-reactive ketones (excluding diaryl/α,β-unsaturated/α-hetero) is 1. The van der Waals surface area contributed by atoms with Crippen molar-refractivity contribution in [2.24, 2.45) is 5.92 Å². The van der Waals surface area contributed by atoms with Gasteiger partial charge >= 0.3 is 0 Å². The van der Waals surface area contributed by atoms with Gasteiger partial charge < -0.3 is 0 Å². The number of ketones is 1. The van der Waals surface area contributed by atoms with Crippen LogP contribution >= 0.6 is 0 Å². The monoisotopic (exact) mass is 264 g/mol. The lowest BCUT2D eigenvalue weighted by atomic mass is 9.80. The number of aryl methyl sites for hydroxylation is 2. The second kappa shape index (κ2) is 5.62. The summed E-state index contributed by atoms with van der Waals surface area (Å²) < 4.78 is 0. The molecule has 1 nitrogen and oxygen atoms in total. The van der Waals surface area contributed by atoms with E-state index < -0.39 is 0 Å². The molecule has 2 aromatic carbocycles. The lowest BCUT2D eigenvalue weighted by Crippen LogP contribution is -2.22. The second-order valence-corrected chi connectivity index (χ2v) is 5.62. The molecule has 1 atom stereocenters. The Morgan fingerprint density at radius 2 is 1.75 bits per heavy atom.